The number of hydrogen-bond acceptors (Lipinski definition) is 5. The van der Waals surface area contributed by atoms with Crippen LogP contribution in [-0.2, 0) is 0 Å². The van der Waals surface area contributed by atoms with E-state index in [0.717, 1.165) is 16.3 Å². The minimum atomic E-state index is -0.134. The van der Waals surface area contributed by atoms with Crippen molar-refractivity contribution in [3.63, 3.8) is 0 Å². The molecule has 0 radical (unpaired) electrons. The fraction of sp³-hybridized carbons (Fsp3) is 0.103. The van der Waals surface area contributed by atoms with Gasteiger partial charge in [0.25, 0.3) is 0 Å². The van der Waals surface area contributed by atoms with E-state index in [2.05, 4.69) is 0 Å². The molecule has 1 aliphatic rings. The summed E-state index contributed by atoms with van der Waals surface area (Å²) in [6, 6.07) is 25.8. The Hall–Kier alpha value is -4.38. The van der Waals surface area contributed by atoms with Crippen molar-refractivity contribution in [3.05, 3.63) is 107 Å². The fourth-order valence-electron chi connectivity index (χ4n) is 4.00. The molecule has 4 aromatic carbocycles. The Morgan fingerprint density at radius 1 is 0.941 bits per heavy atom. The zero-order valence-corrected chi connectivity index (χ0v) is 18.6. The Bertz CT molecular complexity index is 1420. The predicted octanol–water partition coefficient (Wildman–Crippen LogP) is 5.77. The smallest absolute Gasteiger partial charge is 0.200 e. The van der Waals surface area contributed by atoms with Gasteiger partial charge in [0.15, 0.2) is 18.2 Å². The Morgan fingerprint density at radius 3 is 2.59 bits per heavy atom. The number of carbonyl (C=O) groups is 2. The molecule has 0 aromatic heterocycles. The molecule has 1 aliphatic heterocycles. The van der Waals surface area contributed by atoms with Crippen LogP contribution in [-0.4, -0.2) is 31.9 Å². The lowest BCUT2D eigenvalue weighted by Crippen LogP contribution is -2.19. The second-order valence-corrected chi connectivity index (χ2v) is 7.96. The first-order valence-corrected chi connectivity index (χ1v) is 10.9. The van der Waals surface area contributed by atoms with Gasteiger partial charge in [-0.2, -0.15) is 0 Å². The van der Waals surface area contributed by atoms with Gasteiger partial charge in [-0.05, 0) is 64.9 Å². The molecular formula is C29H22O5. The number of rotatable bonds is 6. The van der Waals surface area contributed by atoms with E-state index in [4.69, 9.17) is 14.2 Å². The van der Waals surface area contributed by atoms with Crippen LogP contribution in [0.4, 0.5) is 0 Å². The van der Waals surface area contributed by atoms with Gasteiger partial charge in [0.1, 0.15) is 23.9 Å². The van der Waals surface area contributed by atoms with Crippen LogP contribution in [0.3, 0.4) is 0 Å². The summed E-state index contributed by atoms with van der Waals surface area (Å²) in [5, 5.41) is 1.88. The number of hydrogen-bond donors (Lipinski definition) is 0. The molecule has 0 atom stereocenters. The molecule has 0 unspecified atom stereocenters. The van der Waals surface area contributed by atoms with Crippen molar-refractivity contribution in [2.45, 2.75) is 0 Å². The van der Waals surface area contributed by atoms with E-state index in [0.29, 0.717) is 33.9 Å². The topological polar surface area (TPSA) is 61.8 Å². The maximum atomic E-state index is 13.3. The lowest BCUT2D eigenvalue weighted by Gasteiger charge is -2.20. The summed E-state index contributed by atoms with van der Waals surface area (Å²) in [6.45, 7) is 0.110. The highest BCUT2D eigenvalue weighted by Gasteiger charge is 2.25. The predicted molar refractivity (Wildman–Crippen MR) is 131 cm³/mol. The molecule has 4 aromatic rings. The van der Waals surface area contributed by atoms with Gasteiger partial charge in [0, 0.05) is 11.1 Å². The van der Waals surface area contributed by atoms with Crippen molar-refractivity contribution in [1.82, 2.24) is 0 Å². The van der Waals surface area contributed by atoms with Gasteiger partial charge in [-0.25, -0.2) is 0 Å². The summed E-state index contributed by atoms with van der Waals surface area (Å²) in [6.07, 6.45) is 1.81. The fourth-order valence-corrected chi connectivity index (χ4v) is 4.00. The highest BCUT2D eigenvalue weighted by Crippen LogP contribution is 2.34. The molecule has 168 valence electrons. The van der Waals surface area contributed by atoms with E-state index >= 15 is 0 Å². The quantitative estimate of drug-likeness (QED) is 0.276. The van der Waals surface area contributed by atoms with Crippen LogP contribution >= 0.6 is 0 Å². The number of methoxy groups -OCH3 is 1. The Balaban J connectivity index is 1.33. The Labute approximate surface area is 197 Å². The van der Waals surface area contributed by atoms with Crippen molar-refractivity contribution in [3.8, 4) is 17.2 Å². The second-order valence-electron chi connectivity index (χ2n) is 7.96. The third kappa shape index (κ3) is 4.28. The van der Waals surface area contributed by atoms with E-state index in [-0.39, 0.29) is 24.8 Å². The second kappa shape index (κ2) is 9.24. The van der Waals surface area contributed by atoms with Crippen molar-refractivity contribution >= 4 is 28.4 Å². The first-order chi connectivity index (χ1) is 16.6. The Kier molecular flexibility index (Phi) is 5.83. The third-order valence-corrected chi connectivity index (χ3v) is 5.77. The lowest BCUT2D eigenvalue weighted by molar-refractivity contribution is 0.0921. The molecule has 5 heteroatoms. The highest BCUT2D eigenvalue weighted by molar-refractivity contribution is 6.20. The van der Waals surface area contributed by atoms with Gasteiger partial charge in [-0.15, -0.1) is 0 Å². The minimum Gasteiger partial charge on any atom is -0.497 e. The highest BCUT2D eigenvalue weighted by atomic mass is 16.5. The third-order valence-electron chi connectivity index (χ3n) is 5.77. The maximum Gasteiger partial charge on any atom is 0.200 e. The molecule has 34 heavy (non-hydrogen) atoms. The van der Waals surface area contributed by atoms with E-state index in [1.54, 1.807) is 43.5 Å². The van der Waals surface area contributed by atoms with Crippen molar-refractivity contribution < 1.29 is 23.8 Å². The molecule has 0 saturated heterocycles. The summed E-state index contributed by atoms with van der Waals surface area (Å²) in [5.41, 5.74) is 2.50. The van der Waals surface area contributed by atoms with Gasteiger partial charge in [0.05, 0.1) is 12.7 Å². The van der Waals surface area contributed by atoms with Crippen LogP contribution < -0.4 is 14.2 Å². The number of ether oxygens (including phenoxy) is 3. The van der Waals surface area contributed by atoms with Gasteiger partial charge >= 0.3 is 0 Å². The number of Topliss-reactive ketones (excluding diaryl/α,β-unsaturated/α-hetero) is 2. The van der Waals surface area contributed by atoms with Crippen LogP contribution in [0, 0.1) is 0 Å². The molecule has 5 rings (SSSR count). The summed E-state index contributed by atoms with van der Waals surface area (Å²) in [7, 11) is 1.58. The van der Waals surface area contributed by atoms with Crippen molar-refractivity contribution in [2.24, 2.45) is 0 Å². The van der Waals surface area contributed by atoms with E-state index < -0.39 is 0 Å². The molecule has 5 nitrogen and oxygen atoms in total. The summed E-state index contributed by atoms with van der Waals surface area (Å²) < 4.78 is 16.7. The first kappa shape index (κ1) is 21.5. The van der Waals surface area contributed by atoms with Crippen LogP contribution in [0.2, 0.25) is 0 Å². The van der Waals surface area contributed by atoms with Gasteiger partial charge < -0.3 is 14.2 Å². The summed E-state index contributed by atoms with van der Waals surface area (Å²) in [5.74, 6) is 1.67. The molecule has 0 amide bonds. The first-order valence-electron chi connectivity index (χ1n) is 10.9. The van der Waals surface area contributed by atoms with E-state index in [1.165, 1.54) is 0 Å². The number of benzene rings is 4. The monoisotopic (exact) mass is 450 g/mol. The maximum absolute atomic E-state index is 13.3. The van der Waals surface area contributed by atoms with Crippen molar-refractivity contribution in [2.75, 3.05) is 20.3 Å². The number of carbonyl (C=O) groups excluding carboxylic acids is 2. The largest absolute Gasteiger partial charge is 0.497 e. The van der Waals surface area contributed by atoms with Crippen LogP contribution in [0.1, 0.15) is 26.3 Å². The summed E-state index contributed by atoms with van der Waals surface area (Å²) in [4.78, 5) is 25.8. The SMILES string of the molecule is COc1ccc(C(=O)COc2cccc(/C=C3\COc4ccc5ccccc5c4C3=O)c2)cc1. The molecule has 0 bridgehead atoms. The number of fused-ring (bicyclic) bond motifs is 3. The molecule has 0 spiro atoms. The number of ketones is 2. The van der Waals surface area contributed by atoms with Gasteiger partial charge in [-0.1, -0.05) is 42.5 Å². The average Bonchev–Trinajstić information content (AvgIpc) is 2.89. The normalized spacial score (nSPS) is 13.9. The standard InChI is InChI=1S/C29H22O5/c1-32-23-12-9-21(10-13-23)26(30)18-33-24-7-4-5-19(16-24)15-22-17-34-27-14-11-20-6-2-3-8-25(20)28(27)29(22)31/h2-16H,17-18H2,1H3/b22-15+. The van der Waals surface area contributed by atoms with E-state index in [1.807, 2.05) is 54.6 Å². The van der Waals surface area contributed by atoms with Crippen molar-refractivity contribution in [1.29, 1.82) is 0 Å². The zero-order chi connectivity index (χ0) is 23.5. The average molecular weight is 450 g/mol. The Morgan fingerprint density at radius 2 is 1.76 bits per heavy atom. The zero-order valence-electron chi connectivity index (χ0n) is 18.6. The molecule has 0 N–H and O–H groups in total. The van der Waals surface area contributed by atoms with Gasteiger partial charge in [-0.3, -0.25) is 9.59 Å². The molecule has 1 heterocycles. The minimum absolute atomic E-state index is 0.0425. The molecule has 0 saturated carbocycles. The van der Waals surface area contributed by atoms with Crippen LogP contribution in [0.15, 0.2) is 90.5 Å². The molecule has 0 fully saturated rings. The lowest BCUT2D eigenvalue weighted by atomic mass is 9.93. The molecule has 0 aliphatic carbocycles. The van der Waals surface area contributed by atoms with Gasteiger partial charge in [0.2, 0.25) is 0 Å². The van der Waals surface area contributed by atoms with Crippen LogP contribution in [0.25, 0.3) is 16.8 Å². The van der Waals surface area contributed by atoms with E-state index in [9.17, 15) is 9.59 Å². The van der Waals surface area contributed by atoms with Crippen LogP contribution in [0.5, 0.6) is 17.2 Å². The summed E-state index contributed by atoms with van der Waals surface area (Å²) >= 11 is 0. The molecular weight excluding hydrogens is 428 g/mol.